The molecule has 0 amide bonds. The molecule has 0 saturated heterocycles. The van der Waals surface area contributed by atoms with E-state index in [-0.39, 0.29) is 0 Å². The molecule has 0 bridgehead atoms. The van der Waals surface area contributed by atoms with Gasteiger partial charge in [0.1, 0.15) is 5.15 Å². The molecule has 2 aromatic rings. The van der Waals surface area contributed by atoms with Crippen molar-refractivity contribution in [3.8, 4) is 0 Å². The number of hydrogen-bond acceptors (Lipinski definition) is 2. The monoisotopic (exact) mass is 279 g/mol. The average molecular weight is 281 g/mol. The van der Waals surface area contributed by atoms with E-state index in [1.165, 1.54) is 0 Å². The normalized spacial score (nSPS) is 11.0. The van der Waals surface area contributed by atoms with Gasteiger partial charge in [-0.3, -0.25) is 4.40 Å². The van der Waals surface area contributed by atoms with Crippen LogP contribution in [0.3, 0.4) is 0 Å². The van der Waals surface area contributed by atoms with E-state index in [1.807, 2.05) is 0 Å². The Balaban J connectivity index is 2.77. The number of imidazole rings is 1. The zero-order valence-corrected chi connectivity index (χ0v) is 9.44. The van der Waals surface area contributed by atoms with Crippen molar-refractivity contribution in [2.24, 2.45) is 0 Å². The maximum atomic E-state index is 5.98. The third kappa shape index (κ3) is 1.54. The summed E-state index contributed by atoms with van der Waals surface area (Å²) in [4.78, 5) is 8.21. The molecule has 0 aliphatic rings. The van der Waals surface area contributed by atoms with Gasteiger partial charge in [-0.15, -0.1) is 11.6 Å². The molecular formula is C7H4BrCl2N3. The molecule has 0 atom stereocenters. The van der Waals surface area contributed by atoms with Crippen LogP contribution in [0, 0.1) is 0 Å². The number of rotatable bonds is 1. The second kappa shape index (κ2) is 3.44. The number of aromatic nitrogens is 3. The average Bonchev–Trinajstić information content (AvgIpc) is 2.44. The van der Waals surface area contributed by atoms with Crippen molar-refractivity contribution in [3.63, 3.8) is 0 Å². The van der Waals surface area contributed by atoms with Crippen molar-refractivity contribution < 1.29 is 0 Å². The summed E-state index contributed by atoms with van der Waals surface area (Å²) in [5.74, 6) is 0.851. The highest BCUT2D eigenvalue weighted by molar-refractivity contribution is 9.10. The van der Waals surface area contributed by atoms with Gasteiger partial charge in [-0.05, 0) is 15.9 Å². The van der Waals surface area contributed by atoms with Crippen LogP contribution in [0.1, 0.15) is 5.69 Å². The Hall–Kier alpha value is -0.320. The first kappa shape index (κ1) is 9.24. The van der Waals surface area contributed by atoms with Crippen LogP contribution in [0.25, 0.3) is 5.78 Å². The fourth-order valence-corrected chi connectivity index (χ4v) is 1.81. The predicted molar refractivity (Wildman–Crippen MR) is 55.3 cm³/mol. The lowest BCUT2D eigenvalue weighted by Crippen LogP contribution is -1.87. The summed E-state index contributed by atoms with van der Waals surface area (Å²) in [5.41, 5.74) is 0.647. The Morgan fingerprint density at radius 1 is 1.54 bits per heavy atom. The maximum absolute atomic E-state index is 5.98. The summed E-state index contributed by atoms with van der Waals surface area (Å²) in [6.07, 6.45) is 3.46. The van der Waals surface area contributed by atoms with Crippen molar-refractivity contribution in [2.45, 2.75) is 5.88 Å². The van der Waals surface area contributed by atoms with E-state index in [2.05, 4.69) is 25.9 Å². The van der Waals surface area contributed by atoms with Gasteiger partial charge in [0.25, 0.3) is 0 Å². The fourth-order valence-electron chi connectivity index (χ4n) is 1.01. The summed E-state index contributed by atoms with van der Waals surface area (Å²) in [6.45, 7) is 0. The summed E-state index contributed by atoms with van der Waals surface area (Å²) >= 11 is 14.9. The van der Waals surface area contributed by atoms with Gasteiger partial charge in [-0.2, -0.15) is 0 Å². The van der Waals surface area contributed by atoms with Gasteiger partial charge in [-0.25, -0.2) is 9.97 Å². The molecule has 6 heteroatoms. The van der Waals surface area contributed by atoms with E-state index in [0.29, 0.717) is 22.5 Å². The Morgan fingerprint density at radius 3 is 3.00 bits per heavy atom. The van der Waals surface area contributed by atoms with Crippen LogP contribution in [0.15, 0.2) is 16.9 Å². The number of halogens is 3. The first-order valence-electron chi connectivity index (χ1n) is 3.46. The zero-order valence-electron chi connectivity index (χ0n) is 6.34. The van der Waals surface area contributed by atoms with E-state index in [0.717, 1.165) is 4.47 Å². The molecule has 0 radical (unpaired) electrons. The summed E-state index contributed by atoms with van der Waals surface area (Å²) in [6, 6.07) is 0. The lowest BCUT2D eigenvalue weighted by Gasteiger charge is -1.93. The van der Waals surface area contributed by atoms with Crippen LogP contribution in [0.2, 0.25) is 5.15 Å². The molecule has 0 aliphatic carbocycles. The second-order valence-corrected chi connectivity index (χ2v) is 3.97. The predicted octanol–water partition coefficient (Wildman–Crippen LogP) is 2.88. The van der Waals surface area contributed by atoms with Crippen LogP contribution >= 0.6 is 39.1 Å². The Labute approximate surface area is 92.8 Å². The van der Waals surface area contributed by atoms with Crippen molar-refractivity contribution in [2.75, 3.05) is 0 Å². The molecule has 68 valence electrons. The molecule has 0 saturated carbocycles. The highest BCUT2D eigenvalue weighted by Crippen LogP contribution is 2.20. The smallest absolute Gasteiger partial charge is 0.235 e. The van der Waals surface area contributed by atoms with Crippen molar-refractivity contribution in [1.29, 1.82) is 0 Å². The topological polar surface area (TPSA) is 30.2 Å². The minimum absolute atomic E-state index is 0.291. The Kier molecular flexibility index (Phi) is 2.45. The van der Waals surface area contributed by atoms with Gasteiger partial charge in [0.2, 0.25) is 5.78 Å². The van der Waals surface area contributed by atoms with Gasteiger partial charge in [-0.1, -0.05) is 11.6 Å². The van der Waals surface area contributed by atoms with Crippen LogP contribution in [-0.2, 0) is 5.88 Å². The van der Waals surface area contributed by atoms with Gasteiger partial charge < -0.3 is 0 Å². The highest BCUT2D eigenvalue weighted by Gasteiger charge is 2.09. The van der Waals surface area contributed by atoms with Crippen molar-refractivity contribution >= 4 is 44.9 Å². The maximum Gasteiger partial charge on any atom is 0.235 e. The molecule has 0 spiro atoms. The largest absolute Gasteiger partial charge is 0.273 e. The first-order valence-corrected chi connectivity index (χ1v) is 5.17. The van der Waals surface area contributed by atoms with Gasteiger partial charge in [0.15, 0.2) is 0 Å². The van der Waals surface area contributed by atoms with E-state index in [1.54, 1.807) is 16.8 Å². The molecule has 0 N–H and O–H groups in total. The van der Waals surface area contributed by atoms with Crippen LogP contribution in [0.5, 0.6) is 0 Å². The molecule has 0 fully saturated rings. The molecule has 2 aromatic heterocycles. The SMILES string of the molecule is ClCc1nc2ncc(Br)cn2c1Cl. The number of hydrogen-bond donors (Lipinski definition) is 0. The lowest BCUT2D eigenvalue weighted by atomic mass is 10.5. The van der Waals surface area contributed by atoms with Crippen molar-refractivity contribution in [3.05, 3.63) is 27.7 Å². The molecule has 2 heterocycles. The van der Waals surface area contributed by atoms with Gasteiger partial charge in [0, 0.05) is 12.4 Å². The molecular weight excluding hydrogens is 277 g/mol. The Morgan fingerprint density at radius 2 is 2.31 bits per heavy atom. The summed E-state index contributed by atoms with van der Waals surface area (Å²) in [7, 11) is 0. The Bertz CT molecular complexity index is 454. The van der Waals surface area contributed by atoms with Crippen LogP contribution < -0.4 is 0 Å². The quantitative estimate of drug-likeness (QED) is 0.752. The molecule has 2 rings (SSSR count). The van der Waals surface area contributed by atoms with Crippen molar-refractivity contribution in [1.82, 2.24) is 14.4 Å². The highest BCUT2D eigenvalue weighted by atomic mass is 79.9. The molecule has 3 nitrogen and oxygen atoms in total. The standard InChI is InChI=1S/C7H4BrCl2N3/c8-4-2-11-7-12-5(1-9)6(10)13(7)3-4/h2-3H,1H2. The number of fused-ring (bicyclic) bond motifs is 1. The van der Waals surface area contributed by atoms with Crippen LogP contribution in [-0.4, -0.2) is 14.4 Å². The minimum atomic E-state index is 0.291. The number of alkyl halides is 1. The van der Waals surface area contributed by atoms with Gasteiger partial charge in [0.05, 0.1) is 16.0 Å². The van der Waals surface area contributed by atoms with E-state index in [4.69, 9.17) is 23.2 Å². The first-order chi connectivity index (χ1) is 6.22. The van der Waals surface area contributed by atoms with E-state index >= 15 is 0 Å². The molecule has 13 heavy (non-hydrogen) atoms. The molecule has 0 unspecified atom stereocenters. The van der Waals surface area contributed by atoms with Crippen LogP contribution in [0.4, 0.5) is 0 Å². The van der Waals surface area contributed by atoms with E-state index in [9.17, 15) is 0 Å². The number of nitrogens with zero attached hydrogens (tertiary/aromatic N) is 3. The summed E-state index contributed by atoms with van der Waals surface area (Å²) in [5, 5.41) is 0.513. The third-order valence-electron chi connectivity index (χ3n) is 1.58. The lowest BCUT2D eigenvalue weighted by molar-refractivity contribution is 1.10. The second-order valence-electron chi connectivity index (χ2n) is 2.43. The third-order valence-corrected chi connectivity index (χ3v) is 2.65. The molecule has 0 aliphatic heterocycles. The fraction of sp³-hybridized carbons (Fsp3) is 0.143. The van der Waals surface area contributed by atoms with E-state index < -0.39 is 0 Å². The summed E-state index contributed by atoms with van der Waals surface area (Å²) < 4.78 is 2.53. The molecule has 0 aromatic carbocycles. The minimum Gasteiger partial charge on any atom is -0.273 e. The zero-order chi connectivity index (χ0) is 9.42. The van der Waals surface area contributed by atoms with Gasteiger partial charge >= 0.3 is 0 Å².